The zero-order valence-corrected chi connectivity index (χ0v) is 17.9. The largest absolute Gasteiger partial charge is 0.494 e. The van der Waals surface area contributed by atoms with Crippen LogP contribution in [0.25, 0.3) is 5.57 Å². The molecule has 1 aromatic heterocycles. The summed E-state index contributed by atoms with van der Waals surface area (Å²) in [5.74, 6) is -0.165. The lowest BCUT2D eigenvalue weighted by atomic mass is 9.94. The Hall–Kier alpha value is -3.20. The standard InChI is InChI=1S/C22H22FN3O4S/c1-13-16(5-7-19(21(13)23)31(2,28)29)22(27)26-9-10-30-18-11-14(3-6-17(18)26)15-4-8-20(24)25-12-15/h3-5,7-8,11-12,17H,6,9-10H2,1-2H3,(H2,24,25). The SMILES string of the molecule is Cc1c(C(=O)N2CCOC3=CC(c4ccc(N)nc4)=CCC32)ccc(S(C)(=O)=O)c1F. The number of nitrogens with zero attached hydrogens (tertiary/aromatic N) is 2. The number of allylic oxidation sites excluding steroid dienone is 2. The molecule has 0 saturated carbocycles. The number of carbonyl (C=O) groups excluding carboxylic acids is 1. The number of anilines is 1. The maximum Gasteiger partial charge on any atom is 0.254 e. The van der Waals surface area contributed by atoms with E-state index in [1.165, 1.54) is 13.0 Å². The Kier molecular flexibility index (Phi) is 5.30. The van der Waals surface area contributed by atoms with Gasteiger partial charge in [0, 0.05) is 18.0 Å². The molecule has 1 atom stereocenters. The monoisotopic (exact) mass is 443 g/mol. The molecule has 1 amide bonds. The number of benzene rings is 1. The molecule has 2 aromatic rings. The molecule has 1 aliphatic carbocycles. The van der Waals surface area contributed by atoms with E-state index in [2.05, 4.69) is 4.98 Å². The van der Waals surface area contributed by atoms with Crippen molar-refractivity contribution in [3.05, 3.63) is 70.9 Å². The van der Waals surface area contributed by atoms with Crippen LogP contribution in [0.2, 0.25) is 0 Å². The molecule has 1 unspecified atom stereocenters. The Morgan fingerprint density at radius 1 is 1.29 bits per heavy atom. The van der Waals surface area contributed by atoms with E-state index < -0.39 is 20.5 Å². The number of fused-ring (bicyclic) bond motifs is 1. The first-order chi connectivity index (χ1) is 14.7. The minimum absolute atomic E-state index is 0.0185. The zero-order valence-electron chi connectivity index (χ0n) is 17.1. The minimum Gasteiger partial charge on any atom is -0.494 e. The van der Waals surface area contributed by atoms with Gasteiger partial charge in [0.05, 0.1) is 12.6 Å². The van der Waals surface area contributed by atoms with Gasteiger partial charge in [-0.05, 0) is 60.4 Å². The number of carbonyl (C=O) groups is 1. The minimum atomic E-state index is -3.73. The van der Waals surface area contributed by atoms with E-state index in [-0.39, 0.29) is 23.1 Å². The molecule has 0 radical (unpaired) electrons. The Labute approximate surface area is 179 Å². The smallest absolute Gasteiger partial charge is 0.254 e. The molecule has 1 aromatic carbocycles. The molecule has 1 fully saturated rings. The van der Waals surface area contributed by atoms with Crippen LogP contribution < -0.4 is 5.73 Å². The number of ether oxygens (including phenoxy) is 1. The van der Waals surface area contributed by atoms with Crippen molar-refractivity contribution in [1.82, 2.24) is 9.88 Å². The van der Waals surface area contributed by atoms with E-state index >= 15 is 0 Å². The van der Waals surface area contributed by atoms with Crippen LogP contribution in [0.4, 0.5) is 10.2 Å². The number of nitrogen functional groups attached to an aromatic ring is 1. The number of pyridine rings is 1. The lowest BCUT2D eigenvalue weighted by Gasteiger charge is -2.39. The third-order valence-corrected chi connectivity index (χ3v) is 6.64. The number of nitrogens with two attached hydrogens (primary N) is 1. The third kappa shape index (κ3) is 3.93. The Morgan fingerprint density at radius 3 is 2.74 bits per heavy atom. The number of halogens is 1. The summed E-state index contributed by atoms with van der Waals surface area (Å²) in [4.78, 5) is 18.6. The average molecular weight is 444 g/mol. The van der Waals surface area contributed by atoms with Gasteiger partial charge in [-0.15, -0.1) is 0 Å². The number of morpholine rings is 1. The lowest BCUT2D eigenvalue weighted by molar-refractivity contribution is 0.0349. The highest BCUT2D eigenvalue weighted by molar-refractivity contribution is 7.90. The van der Waals surface area contributed by atoms with Crippen LogP contribution in [0.1, 0.15) is 27.9 Å². The maximum atomic E-state index is 14.7. The molecule has 2 N–H and O–H groups in total. The van der Waals surface area contributed by atoms with Crippen molar-refractivity contribution in [2.45, 2.75) is 24.3 Å². The van der Waals surface area contributed by atoms with E-state index in [1.54, 1.807) is 17.2 Å². The summed E-state index contributed by atoms with van der Waals surface area (Å²) in [5.41, 5.74) is 7.62. The fraction of sp³-hybridized carbons (Fsp3) is 0.273. The van der Waals surface area contributed by atoms with E-state index in [0.717, 1.165) is 23.5 Å². The van der Waals surface area contributed by atoms with Crippen molar-refractivity contribution in [3.63, 3.8) is 0 Å². The molecule has 9 heteroatoms. The summed E-state index contributed by atoms with van der Waals surface area (Å²) in [6.45, 7) is 2.08. The van der Waals surface area contributed by atoms with Crippen molar-refractivity contribution in [3.8, 4) is 0 Å². The second-order valence-corrected chi connectivity index (χ2v) is 9.58. The van der Waals surface area contributed by atoms with Gasteiger partial charge in [0.25, 0.3) is 5.91 Å². The van der Waals surface area contributed by atoms with Crippen LogP contribution in [0.3, 0.4) is 0 Å². The molecular formula is C22H22FN3O4S. The quantitative estimate of drug-likeness (QED) is 0.783. The lowest BCUT2D eigenvalue weighted by Crippen LogP contribution is -2.48. The van der Waals surface area contributed by atoms with E-state index in [4.69, 9.17) is 10.5 Å². The highest BCUT2D eigenvalue weighted by Crippen LogP contribution is 2.33. The van der Waals surface area contributed by atoms with E-state index in [9.17, 15) is 17.6 Å². The molecular weight excluding hydrogens is 421 g/mol. The topological polar surface area (TPSA) is 103 Å². The van der Waals surface area contributed by atoms with Gasteiger partial charge in [-0.2, -0.15) is 0 Å². The number of hydrogen-bond acceptors (Lipinski definition) is 6. The van der Waals surface area contributed by atoms with Gasteiger partial charge in [-0.1, -0.05) is 6.08 Å². The van der Waals surface area contributed by atoms with Crippen LogP contribution in [0.5, 0.6) is 0 Å². The molecule has 2 heterocycles. The van der Waals surface area contributed by atoms with Gasteiger partial charge in [0.1, 0.15) is 28.9 Å². The van der Waals surface area contributed by atoms with Crippen LogP contribution in [-0.4, -0.2) is 49.7 Å². The van der Waals surface area contributed by atoms with Crippen molar-refractivity contribution in [1.29, 1.82) is 0 Å². The fourth-order valence-electron chi connectivity index (χ4n) is 3.85. The Morgan fingerprint density at radius 2 is 2.06 bits per heavy atom. The molecule has 2 aliphatic rings. The predicted molar refractivity (Wildman–Crippen MR) is 114 cm³/mol. The number of rotatable bonds is 3. The zero-order chi connectivity index (χ0) is 22.3. The molecule has 0 spiro atoms. The fourth-order valence-corrected chi connectivity index (χ4v) is 4.65. The van der Waals surface area contributed by atoms with Crippen LogP contribution in [0, 0.1) is 12.7 Å². The molecule has 7 nitrogen and oxygen atoms in total. The number of aromatic nitrogens is 1. The first-order valence-electron chi connectivity index (χ1n) is 9.73. The van der Waals surface area contributed by atoms with Crippen molar-refractivity contribution in [2.75, 3.05) is 25.1 Å². The second kappa shape index (κ2) is 7.81. The molecule has 1 saturated heterocycles. The maximum absolute atomic E-state index is 14.7. The van der Waals surface area contributed by atoms with E-state index in [1.807, 2.05) is 18.2 Å². The van der Waals surface area contributed by atoms with Crippen molar-refractivity contribution >= 4 is 27.1 Å². The van der Waals surface area contributed by atoms with Gasteiger partial charge in [0.2, 0.25) is 0 Å². The van der Waals surface area contributed by atoms with Gasteiger partial charge < -0.3 is 15.4 Å². The van der Waals surface area contributed by atoms with Gasteiger partial charge in [-0.3, -0.25) is 4.79 Å². The van der Waals surface area contributed by atoms with Gasteiger partial charge in [-0.25, -0.2) is 17.8 Å². The summed E-state index contributed by atoms with van der Waals surface area (Å²) < 4.78 is 44.0. The Balaban J connectivity index is 1.62. The Bertz CT molecular complexity index is 1220. The molecule has 31 heavy (non-hydrogen) atoms. The normalized spacial score (nSPS) is 18.5. The van der Waals surface area contributed by atoms with Crippen LogP contribution in [-0.2, 0) is 14.6 Å². The van der Waals surface area contributed by atoms with Gasteiger partial charge >= 0.3 is 0 Å². The summed E-state index contributed by atoms with van der Waals surface area (Å²) in [6, 6.07) is 5.79. The summed E-state index contributed by atoms with van der Waals surface area (Å²) >= 11 is 0. The van der Waals surface area contributed by atoms with Gasteiger partial charge in [0.15, 0.2) is 9.84 Å². The third-order valence-electron chi connectivity index (χ3n) is 5.53. The highest BCUT2D eigenvalue weighted by atomic mass is 32.2. The summed E-state index contributed by atoms with van der Waals surface area (Å²) in [7, 11) is -3.73. The molecule has 162 valence electrons. The van der Waals surface area contributed by atoms with Crippen LogP contribution in [0.15, 0.2) is 53.3 Å². The molecule has 0 bridgehead atoms. The number of sulfone groups is 1. The van der Waals surface area contributed by atoms with Crippen molar-refractivity contribution < 1.29 is 22.3 Å². The summed E-state index contributed by atoms with van der Waals surface area (Å²) in [6.07, 6.45) is 7.02. The number of hydrogen-bond donors (Lipinski definition) is 1. The molecule has 1 aliphatic heterocycles. The molecule has 4 rings (SSSR count). The highest BCUT2D eigenvalue weighted by Gasteiger charge is 2.35. The van der Waals surface area contributed by atoms with E-state index in [0.29, 0.717) is 31.1 Å². The van der Waals surface area contributed by atoms with Crippen LogP contribution >= 0.6 is 0 Å². The number of amides is 1. The predicted octanol–water partition coefficient (Wildman–Crippen LogP) is 2.73. The average Bonchev–Trinajstić information content (AvgIpc) is 2.74. The van der Waals surface area contributed by atoms with Crippen molar-refractivity contribution in [2.24, 2.45) is 0 Å². The first kappa shape index (κ1) is 21.0. The first-order valence-corrected chi connectivity index (χ1v) is 11.6. The summed E-state index contributed by atoms with van der Waals surface area (Å²) in [5, 5.41) is 0. The second-order valence-electron chi connectivity index (χ2n) is 7.60.